The number of rotatable bonds is 1. The molecule has 1 unspecified atom stereocenters. The molecule has 1 saturated heterocycles. The van der Waals surface area contributed by atoms with Crippen LogP contribution in [0.2, 0.25) is 0 Å². The minimum absolute atomic E-state index is 0.0240. The van der Waals surface area contributed by atoms with E-state index in [2.05, 4.69) is 28.2 Å². The van der Waals surface area contributed by atoms with Gasteiger partial charge in [0, 0.05) is 5.54 Å². The van der Waals surface area contributed by atoms with Crippen molar-refractivity contribution in [1.29, 1.82) is 0 Å². The molecule has 3 heteroatoms. The van der Waals surface area contributed by atoms with Crippen LogP contribution in [0.3, 0.4) is 0 Å². The number of halogens is 2. The van der Waals surface area contributed by atoms with Gasteiger partial charge in [0.2, 0.25) is 0 Å². The molecule has 0 spiro atoms. The second-order valence-corrected chi connectivity index (χ2v) is 4.85. The van der Waals surface area contributed by atoms with Gasteiger partial charge in [-0.3, -0.25) is 0 Å². The highest BCUT2D eigenvalue weighted by Gasteiger charge is 2.30. The number of hydrogen-bond donors (Lipinski definition) is 1. The summed E-state index contributed by atoms with van der Waals surface area (Å²) in [7, 11) is 0. The molecule has 1 aromatic rings. The molecule has 1 aliphatic rings. The van der Waals surface area contributed by atoms with Gasteiger partial charge in [0.05, 0.1) is 4.47 Å². The predicted molar refractivity (Wildman–Crippen MR) is 58.7 cm³/mol. The Bertz CT molecular complexity index is 345. The van der Waals surface area contributed by atoms with E-state index in [4.69, 9.17) is 0 Å². The van der Waals surface area contributed by atoms with Gasteiger partial charge in [-0.2, -0.15) is 0 Å². The minimum Gasteiger partial charge on any atom is -0.308 e. The fraction of sp³-hybridized carbons (Fsp3) is 0.455. The van der Waals surface area contributed by atoms with E-state index in [0.717, 1.165) is 18.5 Å². The van der Waals surface area contributed by atoms with Gasteiger partial charge in [0.25, 0.3) is 0 Å². The molecular formula is C11H13BrFN. The van der Waals surface area contributed by atoms with E-state index in [0.29, 0.717) is 4.47 Å². The summed E-state index contributed by atoms with van der Waals surface area (Å²) in [6, 6.07) is 5.25. The third-order valence-electron chi connectivity index (χ3n) is 2.93. The van der Waals surface area contributed by atoms with Crippen molar-refractivity contribution in [3.05, 3.63) is 34.1 Å². The van der Waals surface area contributed by atoms with E-state index < -0.39 is 0 Å². The summed E-state index contributed by atoms with van der Waals surface area (Å²) < 4.78 is 13.6. The average Bonchev–Trinajstić information content (AvgIpc) is 2.58. The fourth-order valence-corrected chi connectivity index (χ4v) is 2.36. The third-order valence-corrected chi connectivity index (χ3v) is 3.53. The molecule has 1 N–H and O–H groups in total. The zero-order valence-corrected chi connectivity index (χ0v) is 9.70. The van der Waals surface area contributed by atoms with Gasteiger partial charge >= 0.3 is 0 Å². The Morgan fingerprint density at radius 1 is 1.50 bits per heavy atom. The van der Waals surface area contributed by atoms with Crippen LogP contribution in [-0.2, 0) is 5.54 Å². The predicted octanol–water partition coefficient (Wildman–Crippen LogP) is 3.19. The summed E-state index contributed by atoms with van der Waals surface area (Å²) in [4.78, 5) is 0. The highest BCUT2D eigenvalue weighted by molar-refractivity contribution is 9.10. The van der Waals surface area contributed by atoms with E-state index >= 15 is 0 Å². The van der Waals surface area contributed by atoms with Gasteiger partial charge in [0.1, 0.15) is 5.82 Å². The molecule has 14 heavy (non-hydrogen) atoms. The summed E-state index contributed by atoms with van der Waals surface area (Å²) in [5.41, 5.74) is 1.18. The van der Waals surface area contributed by atoms with E-state index in [1.54, 1.807) is 0 Å². The summed E-state index contributed by atoms with van der Waals surface area (Å²) in [5.74, 6) is -0.199. The first-order chi connectivity index (χ1) is 6.62. The third kappa shape index (κ3) is 1.71. The van der Waals surface area contributed by atoms with Gasteiger partial charge in [-0.1, -0.05) is 6.07 Å². The lowest BCUT2D eigenvalue weighted by Gasteiger charge is -2.25. The minimum atomic E-state index is -0.199. The molecule has 1 atom stereocenters. The molecule has 1 heterocycles. The molecule has 0 bridgehead atoms. The van der Waals surface area contributed by atoms with E-state index in [1.807, 2.05) is 12.1 Å². The van der Waals surface area contributed by atoms with E-state index in [-0.39, 0.29) is 11.4 Å². The topological polar surface area (TPSA) is 12.0 Å². The van der Waals surface area contributed by atoms with E-state index in [9.17, 15) is 4.39 Å². The maximum Gasteiger partial charge on any atom is 0.137 e. The van der Waals surface area contributed by atoms with Crippen LogP contribution in [0.4, 0.5) is 4.39 Å². The van der Waals surface area contributed by atoms with Crippen molar-refractivity contribution in [1.82, 2.24) is 5.32 Å². The normalized spacial score (nSPS) is 26.8. The number of nitrogens with one attached hydrogen (secondary N) is 1. The largest absolute Gasteiger partial charge is 0.308 e. The summed E-state index contributed by atoms with van der Waals surface area (Å²) in [5, 5.41) is 3.45. The molecule has 1 aromatic carbocycles. The summed E-state index contributed by atoms with van der Waals surface area (Å²) >= 11 is 3.21. The van der Waals surface area contributed by atoms with Crippen LogP contribution < -0.4 is 5.32 Å². The van der Waals surface area contributed by atoms with E-state index in [1.165, 1.54) is 12.5 Å². The molecule has 1 nitrogen and oxygen atoms in total. The van der Waals surface area contributed by atoms with Crippen molar-refractivity contribution in [2.75, 3.05) is 6.54 Å². The molecular weight excluding hydrogens is 245 g/mol. The summed E-state index contributed by atoms with van der Waals surface area (Å²) in [6.07, 6.45) is 2.30. The van der Waals surface area contributed by atoms with Crippen LogP contribution >= 0.6 is 15.9 Å². The molecule has 0 aliphatic carbocycles. The molecule has 2 rings (SSSR count). The standard InChI is InChI=1S/C11H13BrFN/c1-11(5-2-6-14-11)8-3-4-10(13)9(12)7-8/h3-4,7,14H,2,5-6H2,1H3. The van der Waals surface area contributed by atoms with Gasteiger partial charge in [0.15, 0.2) is 0 Å². The Labute approximate surface area is 91.8 Å². The first kappa shape index (κ1) is 10.1. The molecule has 0 aromatic heterocycles. The monoisotopic (exact) mass is 257 g/mol. The van der Waals surface area contributed by atoms with Crippen LogP contribution in [0.1, 0.15) is 25.3 Å². The molecule has 0 amide bonds. The van der Waals surface area contributed by atoms with Crippen LogP contribution in [0.5, 0.6) is 0 Å². The van der Waals surface area contributed by atoms with Crippen molar-refractivity contribution in [2.45, 2.75) is 25.3 Å². The van der Waals surface area contributed by atoms with Crippen LogP contribution in [0.15, 0.2) is 22.7 Å². The van der Waals surface area contributed by atoms with Crippen molar-refractivity contribution in [3.63, 3.8) is 0 Å². The highest BCUT2D eigenvalue weighted by atomic mass is 79.9. The lowest BCUT2D eigenvalue weighted by atomic mass is 9.91. The first-order valence-corrected chi connectivity index (χ1v) is 5.62. The zero-order valence-electron chi connectivity index (χ0n) is 8.11. The molecule has 0 saturated carbocycles. The smallest absolute Gasteiger partial charge is 0.137 e. The van der Waals surface area contributed by atoms with Gasteiger partial charge < -0.3 is 5.32 Å². The van der Waals surface area contributed by atoms with Crippen LogP contribution in [0.25, 0.3) is 0 Å². The quantitative estimate of drug-likeness (QED) is 0.815. The second kappa shape index (κ2) is 3.63. The van der Waals surface area contributed by atoms with Crippen molar-refractivity contribution in [2.24, 2.45) is 0 Å². The Morgan fingerprint density at radius 3 is 2.86 bits per heavy atom. The SMILES string of the molecule is CC1(c2ccc(F)c(Br)c2)CCCN1. The molecule has 76 valence electrons. The number of benzene rings is 1. The Hall–Kier alpha value is -0.410. The Kier molecular flexibility index (Phi) is 2.62. The maximum atomic E-state index is 13.0. The fourth-order valence-electron chi connectivity index (χ4n) is 1.98. The molecule has 1 fully saturated rings. The summed E-state index contributed by atoms with van der Waals surface area (Å²) in [6.45, 7) is 3.21. The van der Waals surface area contributed by atoms with Crippen LogP contribution in [0, 0.1) is 5.82 Å². The first-order valence-electron chi connectivity index (χ1n) is 4.82. The lowest BCUT2D eigenvalue weighted by molar-refractivity contribution is 0.433. The van der Waals surface area contributed by atoms with Crippen molar-refractivity contribution >= 4 is 15.9 Å². The lowest BCUT2D eigenvalue weighted by Crippen LogP contribution is -2.33. The highest BCUT2D eigenvalue weighted by Crippen LogP contribution is 2.32. The second-order valence-electron chi connectivity index (χ2n) is 3.99. The molecule has 0 radical (unpaired) electrons. The zero-order chi connectivity index (χ0) is 10.2. The Morgan fingerprint density at radius 2 is 2.29 bits per heavy atom. The average molecular weight is 258 g/mol. The van der Waals surface area contributed by atoms with Gasteiger partial charge in [-0.15, -0.1) is 0 Å². The number of hydrogen-bond acceptors (Lipinski definition) is 1. The maximum absolute atomic E-state index is 13.0. The molecule has 1 aliphatic heterocycles. The van der Waals surface area contributed by atoms with Crippen molar-refractivity contribution in [3.8, 4) is 0 Å². The van der Waals surface area contributed by atoms with Gasteiger partial charge in [-0.25, -0.2) is 4.39 Å². The van der Waals surface area contributed by atoms with Crippen LogP contribution in [-0.4, -0.2) is 6.54 Å². The Balaban J connectivity index is 2.36. The van der Waals surface area contributed by atoms with Gasteiger partial charge in [-0.05, 0) is 59.9 Å². The van der Waals surface area contributed by atoms with Crippen molar-refractivity contribution < 1.29 is 4.39 Å².